The maximum Gasteiger partial charge on any atom is 0.242 e. The van der Waals surface area contributed by atoms with Gasteiger partial charge in [-0.05, 0) is 18.5 Å². The average molecular weight is 416 g/mol. The number of ether oxygens (including phenoxy) is 3. The SMILES string of the molecule is BCC(=O)N(C)CCOCCOCCOCCN1C(=O)CC(SCCC)C1=O. The Kier molecular flexibility index (Phi) is 13.2. The first kappa shape index (κ1) is 24.9. The fourth-order valence-electron chi connectivity index (χ4n) is 2.57. The molecule has 1 rings (SSSR count). The number of hydrogen-bond acceptors (Lipinski definition) is 7. The Morgan fingerprint density at radius 2 is 1.75 bits per heavy atom. The van der Waals surface area contributed by atoms with Crippen molar-refractivity contribution < 1.29 is 28.6 Å². The Labute approximate surface area is 173 Å². The molecule has 1 aliphatic heterocycles. The van der Waals surface area contributed by atoms with E-state index in [1.165, 1.54) is 4.90 Å². The quantitative estimate of drug-likeness (QED) is 0.196. The topological polar surface area (TPSA) is 85.4 Å². The molecule has 0 spiro atoms. The van der Waals surface area contributed by atoms with Gasteiger partial charge in [-0.25, -0.2) is 0 Å². The molecule has 0 radical (unpaired) electrons. The molecule has 3 amide bonds. The number of imide groups is 1. The third-order valence-electron chi connectivity index (χ3n) is 4.23. The molecule has 0 aliphatic carbocycles. The van der Waals surface area contributed by atoms with Crippen LogP contribution in [0.5, 0.6) is 0 Å². The largest absolute Gasteiger partial charge is 0.377 e. The van der Waals surface area contributed by atoms with Crippen LogP contribution >= 0.6 is 11.8 Å². The zero-order chi connectivity index (χ0) is 20.8. The fourth-order valence-corrected chi connectivity index (χ4v) is 3.62. The summed E-state index contributed by atoms with van der Waals surface area (Å²) >= 11 is 1.56. The van der Waals surface area contributed by atoms with E-state index in [2.05, 4.69) is 6.92 Å². The zero-order valence-corrected chi connectivity index (χ0v) is 18.1. The van der Waals surface area contributed by atoms with Gasteiger partial charge in [-0.1, -0.05) is 6.92 Å². The third-order valence-corrected chi connectivity index (χ3v) is 5.64. The Bertz CT molecular complexity index is 497. The number of likely N-dealkylation sites (tertiary alicyclic amines) is 1. The zero-order valence-electron chi connectivity index (χ0n) is 17.3. The van der Waals surface area contributed by atoms with Crippen LogP contribution in [0.4, 0.5) is 0 Å². The van der Waals surface area contributed by atoms with Gasteiger partial charge in [-0.2, -0.15) is 0 Å². The number of carbonyl (C=O) groups excluding carboxylic acids is 3. The minimum absolute atomic E-state index is 0.0910. The molecule has 1 saturated heterocycles. The van der Waals surface area contributed by atoms with Gasteiger partial charge in [0.05, 0.1) is 51.4 Å². The third kappa shape index (κ3) is 9.40. The lowest BCUT2D eigenvalue weighted by molar-refractivity contribution is -0.139. The Morgan fingerprint density at radius 3 is 2.36 bits per heavy atom. The van der Waals surface area contributed by atoms with E-state index in [9.17, 15) is 14.4 Å². The average Bonchev–Trinajstić information content (AvgIpc) is 2.96. The molecule has 1 heterocycles. The summed E-state index contributed by atoms with van der Waals surface area (Å²) in [6.45, 7) is 5.47. The van der Waals surface area contributed by atoms with Crippen LogP contribution in [-0.2, 0) is 28.6 Å². The highest BCUT2D eigenvalue weighted by Gasteiger charge is 2.38. The number of carbonyl (C=O) groups is 3. The second-order valence-corrected chi connectivity index (χ2v) is 7.76. The van der Waals surface area contributed by atoms with E-state index in [0.717, 1.165) is 12.2 Å². The maximum absolute atomic E-state index is 12.2. The van der Waals surface area contributed by atoms with Gasteiger partial charge in [0.1, 0.15) is 7.85 Å². The van der Waals surface area contributed by atoms with Gasteiger partial charge in [0, 0.05) is 20.0 Å². The van der Waals surface area contributed by atoms with Crippen molar-refractivity contribution in [2.24, 2.45) is 0 Å². The molecule has 1 aliphatic rings. The molecule has 8 nitrogen and oxygen atoms in total. The van der Waals surface area contributed by atoms with Crippen molar-refractivity contribution in [3.63, 3.8) is 0 Å². The van der Waals surface area contributed by atoms with Gasteiger partial charge in [-0.3, -0.25) is 19.3 Å². The second-order valence-electron chi connectivity index (χ2n) is 6.45. The van der Waals surface area contributed by atoms with Crippen LogP contribution in [0.15, 0.2) is 0 Å². The molecule has 0 saturated carbocycles. The van der Waals surface area contributed by atoms with Crippen molar-refractivity contribution >= 4 is 37.3 Å². The van der Waals surface area contributed by atoms with Crippen LogP contribution in [-0.4, -0.2) is 106 Å². The van der Waals surface area contributed by atoms with Gasteiger partial charge in [0.25, 0.3) is 0 Å². The number of amides is 3. The van der Waals surface area contributed by atoms with E-state index >= 15 is 0 Å². The predicted octanol–water partition coefficient (Wildman–Crippen LogP) is -0.183. The number of nitrogens with zero attached hydrogens (tertiary/aromatic N) is 2. The normalized spacial score (nSPS) is 16.8. The van der Waals surface area contributed by atoms with Crippen LogP contribution in [0, 0.1) is 0 Å². The Balaban J connectivity index is 1.96. The predicted molar refractivity (Wildman–Crippen MR) is 111 cm³/mol. The van der Waals surface area contributed by atoms with E-state index in [1.807, 2.05) is 7.85 Å². The molecule has 28 heavy (non-hydrogen) atoms. The van der Waals surface area contributed by atoms with E-state index in [1.54, 1.807) is 23.7 Å². The fraction of sp³-hybridized carbons (Fsp3) is 0.833. The summed E-state index contributed by atoms with van der Waals surface area (Å²) in [6.07, 6.45) is 1.79. The van der Waals surface area contributed by atoms with Crippen LogP contribution in [0.2, 0.25) is 6.32 Å². The monoisotopic (exact) mass is 416 g/mol. The molecule has 0 aromatic heterocycles. The summed E-state index contributed by atoms with van der Waals surface area (Å²) < 4.78 is 16.3. The molecule has 0 N–H and O–H groups in total. The number of rotatable bonds is 16. The lowest BCUT2D eigenvalue weighted by atomic mass is 10.0. The minimum Gasteiger partial charge on any atom is -0.377 e. The van der Waals surface area contributed by atoms with Gasteiger partial charge >= 0.3 is 0 Å². The van der Waals surface area contributed by atoms with E-state index in [4.69, 9.17) is 14.2 Å². The minimum atomic E-state index is -0.226. The first-order chi connectivity index (χ1) is 13.5. The molecule has 1 atom stereocenters. The Morgan fingerprint density at radius 1 is 1.14 bits per heavy atom. The van der Waals surface area contributed by atoms with E-state index in [-0.39, 0.29) is 23.0 Å². The highest BCUT2D eigenvalue weighted by atomic mass is 32.2. The second kappa shape index (κ2) is 14.8. The molecule has 160 valence electrons. The van der Waals surface area contributed by atoms with Gasteiger partial charge in [0.2, 0.25) is 17.7 Å². The molecule has 1 fully saturated rings. The molecule has 1 unspecified atom stereocenters. The van der Waals surface area contributed by atoms with Crippen LogP contribution < -0.4 is 0 Å². The molecule has 0 bridgehead atoms. The molecular weight excluding hydrogens is 383 g/mol. The number of likely N-dealkylation sites (N-methyl/N-ethyl adjacent to an activating group) is 1. The number of hydrogen-bond donors (Lipinski definition) is 0. The summed E-state index contributed by atoms with van der Waals surface area (Å²) in [5.74, 6) is 0.793. The van der Waals surface area contributed by atoms with Crippen molar-refractivity contribution in [2.45, 2.75) is 31.3 Å². The van der Waals surface area contributed by atoms with E-state index in [0.29, 0.717) is 65.5 Å². The first-order valence-corrected chi connectivity index (χ1v) is 11.0. The van der Waals surface area contributed by atoms with Gasteiger partial charge in [0.15, 0.2) is 0 Å². The molecule has 0 aromatic carbocycles. The van der Waals surface area contributed by atoms with E-state index < -0.39 is 0 Å². The highest BCUT2D eigenvalue weighted by molar-refractivity contribution is 8.00. The van der Waals surface area contributed by atoms with Gasteiger partial charge in [-0.15, -0.1) is 11.8 Å². The molecular formula is C18H33BN2O6S. The van der Waals surface area contributed by atoms with Crippen molar-refractivity contribution in [1.82, 2.24) is 9.80 Å². The smallest absolute Gasteiger partial charge is 0.242 e. The van der Waals surface area contributed by atoms with Gasteiger partial charge < -0.3 is 19.1 Å². The highest BCUT2D eigenvalue weighted by Crippen LogP contribution is 2.25. The lowest BCUT2D eigenvalue weighted by Crippen LogP contribution is -2.34. The standard InChI is InChI=1S/C18H33BN2O6S/c1-3-12-28-15-13-16(22)21(18(15)24)5-7-26-9-11-27-10-8-25-6-4-20(2)17(23)14-19/h15H,3-14,19H2,1-2H3. The lowest BCUT2D eigenvalue weighted by Gasteiger charge is -2.16. The van der Waals surface area contributed by atoms with Crippen molar-refractivity contribution in [3.05, 3.63) is 0 Å². The summed E-state index contributed by atoms with van der Waals surface area (Å²) in [5.41, 5.74) is 0. The van der Waals surface area contributed by atoms with Crippen molar-refractivity contribution in [2.75, 3.05) is 65.5 Å². The van der Waals surface area contributed by atoms with Crippen LogP contribution in [0.1, 0.15) is 19.8 Å². The Hall–Kier alpha value is -1.10. The van der Waals surface area contributed by atoms with Crippen molar-refractivity contribution in [3.8, 4) is 0 Å². The van der Waals surface area contributed by atoms with Crippen LogP contribution in [0.25, 0.3) is 0 Å². The first-order valence-electron chi connectivity index (χ1n) is 9.94. The molecule has 10 heteroatoms. The summed E-state index contributed by atoms with van der Waals surface area (Å²) in [5, 5.41) is -0.226. The number of thioether (sulfide) groups is 1. The molecule has 0 aromatic rings. The van der Waals surface area contributed by atoms with Crippen LogP contribution in [0.3, 0.4) is 0 Å². The summed E-state index contributed by atoms with van der Waals surface area (Å²) in [6, 6.07) is 0. The summed E-state index contributed by atoms with van der Waals surface area (Å²) in [4.78, 5) is 38.4. The maximum atomic E-state index is 12.2. The summed E-state index contributed by atoms with van der Waals surface area (Å²) in [7, 11) is 3.59. The van der Waals surface area contributed by atoms with Crippen molar-refractivity contribution in [1.29, 1.82) is 0 Å².